The summed E-state index contributed by atoms with van der Waals surface area (Å²) < 4.78 is 0. The largest absolute Gasteiger partial charge is 0.480 e. The number of carboxylic acids is 1. The van der Waals surface area contributed by atoms with Gasteiger partial charge in [0.25, 0.3) is 0 Å². The van der Waals surface area contributed by atoms with Gasteiger partial charge in [0.05, 0.1) is 6.54 Å². The molecule has 0 spiro atoms. The van der Waals surface area contributed by atoms with Crippen molar-refractivity contribution < 1.29 is 14.7 Å². The molecule has 5 heteroatoms. The van der Waals surface area contributed by atoms with Crippen LogP contribution in [0.4, 0.5) is 0 Å². The summed E-state index contributed by atoms with van der Waals surface area (Å²) in [4.78, 5) is 21.0. The molecule has 76 valence electrons. The van der Waals surface area contributed by atoms with Crippen LogP contribution >= 0.6 is 0 Å². The molecule has 0 aliphatic rings. The number of likely N-dealkylation sites (N-methyl/N-ethyl adjacent to an activating group) is 1. The summed E-state index contributed by atoms with van der Waals surface area (Å²) in [5.41, 5.74) is 0. The SMILES string of the molecule is CNC(CCNCC(C)=O)C(=O)O. The van der Waals surface area contributed by atoms with Crippen molar-refractivity contribution in [2.24, 2.45) is 0 Å². The Labute approximate surface area is 77.5 Å². The number of carboxylic acid groups (broad SMARTS) is 1. The topological polar surface area (TPSA) is 78.4 Å². The first kappa shape index (κ1) is 12.1. The summed E-state index contributed by atoms with van der Waals surface area (Å²) in [7, 11) is 1.60. The minimum atomic E-state index is -0.868. The van der Waals surface area contributed by atoms with Gasteiger partial charge in [0.2, 0.25) is 0 Å². The van der Waals surface area contributed by atoms with E-state index in [2.05, 4.69) is 10.6 Å². The van der Waals surface area contributed by atoms with Gasteiger partial charge in [0.1, 0.15) is 11.8 Å². The van der Waals surface area contributed by atoms with Crippen LogP contribution in [-0.4, -0.2) is 43.0 Å². The Kier molecular flexibility index (Phi) is 6.09. The zero-order valence-electron chi connectivity index (χ0n) is 7.96. The van der Waals surface area contributed by atoms with E-state index in [9.17, 15) is 9.59 Å². The van der Waals surface area contributed by atoms with E-state index in [1.165, 1.54) is 6.92 Å². The van der Waals surface area contributed by atoms with E-state index in [4.69, 9.17) is 5.11 Å². The van der Waals surface area contributed by atoms with Gasteiger partial charge in [0.15, 0.2) is 0 Å². The summed E-state index contributed by atoms with van der Waals surface area (Å²) in [5, 5.41) is 14.1. The van der Waals surface area contributed by atoms with Gasteiger partial charge in [-0.05, 0) is 26.9 Å². The van der Waals surface area contributed by atoms with Gasteiger partial charge >= 0.3 is 5.97 Å². The smallest absolute Gasteiger partial charge is 0.320 e. The monoisotopic (exact) mass is 188 g/mol. The fourth-order valence-corrected chi connectivity index (χ4v) is 0.902. The predicted octanol–water partition coefficient (Wildman–Crippen LogP) is -0.772. The number of hydrogen-bond acceptors (Lipinski definition) is 4. The predicted molar refractivity (Wildman–Crippen MR) is 48.7 cm³/mol. The van der Waals surface area contributed by atoms with Crippen LogP contribution in [0.5, 0.6) is 0 Å². The highest BCUT2D eigenvalue weighted by molar-refractivity contribution is 5.77. The zero-order valence-corrected chi connectivity index (χ0v) is 7.96. The van der Waals surface area contributed by atoms with Crippen LogP contribution in [0.3, 0.4) is 0 Å². The van der Waals surface area contributed by atoms with Gasteiger partial charge < -0.3 is 15.7 Å². The average Bonchev–Trinajstić information content (AvgIpc) is 2.03. The van der Waals surface area contributed by atoms with Gasteiger partial charge in [-0.15, -0.1) is 0 Å². The first-order valence-electron chi connectivity index (χ1n) is 4.18. The summed E-state index contributed by atoms with van der Waals surface area (Å²) in [6.45, 7) is 2.31. The van der Waals surface area contributed by atoms with Gasteiger partial charge in [-0.25, -0.2) is 0 Å². The molecule has 0 aromatic carbocycles. The van der Waals surface area contributed by atoms with Crippen LogP contribution in [0, 0.1) is 0 Å². The molecule has 0 aromatic rings. The van der Waals surface area contributed by atoms with Crippen LogP contribution in [0.15, 0.2) is 0 Å². The molecule has 0 fully saturated rings. The number of rotatable bonds is 7. The van der Waals surface area contributed by atoms with Crippen LogP contribution in [0.2, 0.25) is 0 Å². The highest BCUT2D eigenvalue weighted by Gasteiger charge is 2.13. The third kappa shape index (κ3) is 6.24. The van der Waals surface area contributed by atoms with Crippen molar-refractivity contribution in [2.75, 3.05) is 20.1 Å². The fourth-order valence-electron chi connectivity index (χ4n) is 0.902. The molecule has 0 aliphatic heterocycles. The molecule has 5 nitrogen and oxygen atoms in total. The van der Waals surface area contributed by atoms with E-state index < -0.39 is 12.0 Å². The second-order valence-corrected chi connectivity index (χ2v) is 2.85. The fraction of sp³-hybridized carbons (Fsp3) is 0.750. The van der Waals surface area contributed by atoms with Crippen molar-refractivity contribution in [2.45, 2.75) is 19.4 Å². The molecule has 13 heavy (non-hydrogen) atoms. The molecule has 0 saturated heterocycles. The first-order chi connectivity index (χ1) is 6.07. The molecular formula is C8H16N2O3. The van der Waals surface area contributed by atoms with Crippen molar-refractivity contribution in [3.63, 3.8) is 0 Å². The van der Waals surface area contributed by atoms with E-state index in [0.717, 1.165) is 0 Å². The Morgan fingerprint density at radius 2 is 2.08 bits per heavy atom. The van der Waals surface area contributed by atoms with Gasteiger partial charge in [-0.3, -0.25) is 9.59 Å². The lowest BCUT2D eigenvalue weighted by Gasteiger charge is -2.10. The van der Waals surface area contributed by atoms with Crippen molar-refractivity contribution in [3.8, 4) is 0 Å². The zero-order chi connectivity index (χ0) is 10.3. The molecule has 1 unspecified atom stereocenters. The van der Waals surface area contributed by atoms with Gasteiger partial charge in [0, 0.05) is 0 Å². The molecule has 0 heterocycles. The molecule has 0 aromatic heterocycles. The third-order valence-corrected chi connectivity index (χ3v) is 1.63. The number of nitrogens with one attached hydrogen (secondary N) is 2. The minimum absolute atomic E-state index is 0.0522. The molecule has 0 radical (unpaired) electrons. The molecule has 1 atom stereocenters. The van der Waals surface area contributed by atoms with E-state index >= 15 is 0 Å². The molecule has 0 saturated carbocycles. The lowest BCUT2D eigenvalue weighted by Crippen LogP contribution is -2.37. The molecule has 3 N–H and O–H groups in total. The second-order valence-electron chi connectivity index (χ2n) is 2.85. The van der Waals surface area contributed by atoms with E-state index in [1.54, 1.807) is 7.05 Å². The van der Waals surface area contributed by atoms with Crippen molar-refractivity contribution in [1.29, 1.82) is 0 Å². The third-order valence-electron chi connectivity index (χ3n) is 1.63. The van der Waals surface area contributed by atoms with E-state index in [-0.39, 0.29) is 5.78 Å². The maximum absolute atomic E-state index is 10.5. The van der Waals surface area contributed by atoms with Gasteiger partial charge in [-0.2, -0.15) is 0 Å². The van der Waals surface area contributed by atoms with Crippen LogP contribution < -0.4 is 10.6 Å². The lowest BCUT2D eigenvalue weighted by molar-refractivity contribution is -0.139. The van der Waals surface area contributed by atoms with Crippen LogP contribution in [0.1, 0.15) is 13.3 Å². The minimum Gasteiger partial charge on any atom is -0.480 e. The van der Waals surface area contributed by atoms with Crippen molar-refractivity contribution >= 4 is 11.8 Å². The molecule has 0 bridgehead atoms. The summed E-state index contributed by atoms with van der Waals surface area (Å²) in [6.07, 6.45) is 0.471. The number of ketones is 1. The van der Waals surface area contributed by atoms with Crippen molar-refractivity contribution in [3.05, 3.63) is 0 Å². The van der Waals surface area contributed by atoms with E-state index in [0.29, 0.717) is 19.5 Å². The molecular weight excluding hydrogens is 172 g/mol. The number of Topliss-reactive ketones (excluding diaryl/α,β-unsaturated/α-hetero) is 1. The quantitative estimate of drug-likeness (QED) is 0.457. The Hall–Kier alpha value is -0.940. The Balaban J connectivity index is 3.50. The molecule has 0 aliphatic carbocycles. The van der Waals surface area contributed by atoms with Gasteiger partial charge in [-0.1, -0.05) is 0 Å². The molecule has 0 amide bonds. The van der Waals surface area contributed by atoms with E-state index in [1.807, 2.05) is 0 Å². The highest BCUT2D eigenvalue weighted by Crippen LogP contribution is 1.89. The summed E-state index contributed by atoms with van der Waals surface area (Å²) in [5.74, 6) is -0.816. The number of carbonyl (C=O) groups excluding carboxylic acids is 1. The summed E-state index contributed by atoms with van der Waals surface area (Å²) >= 11 is 0. The van der Waals surface area contributed by atoms with Crippen molar-refractivity contribution in [1.82, 2.24) is 10.6 Å². The maximum atomic E-state index is 10.5. The maximum Gasteiger partial charge on any atom is 0.320 e. The highest BCUT2D eigenvalue weighted by atomic mass is 16.4. The Morgan fingerprint density at radius 3 is 2.46 bits per heavy atom. The average molecular weight is 188 g/mol. The Bertz CT molecular complexity index is 182. The van der Waals surface area contributed by atoms with Crippen LogP contribution in [-0.2, 0) is 9.59 Å². The second kappa shape index (κ2) is 6.56. The number of hydrogen-bond donors (Lipinski definition) is 3. The summed E-state index contributed by atoms with van der Waals surface area (Å²) in [6, 6.07) is -0.542. The number of aliphatic carboxylic acids is 1. The Morgan fingerprint density at radius 1 is 1.46 bits per heavy atom. The van der Waals surface area contributed by atoms with Crippen LogP contribution in [0.25, 0.3) is 0 Å². The lowest BCUT2D eigenvalue weighted by atomic mass is 10.2. The normalized spacial score (nSPS) is 12.5. The first-order valence-corrected chi connectivity index (χ1v) is 4.18. The molecule has 0 rings (SSSR count). The standard InChI is InChI=1S/C8H16N2O3/c1-6(11)5-10-4-3-7(9-2)8(12)13/h7,9-10H,3-5H2,1-2H3,(H,12,13). The number of carbonyl (C=O) groups is 2.